The van der Waals surface area contributed by atoms with Gasteiger partial charge in [-0.05, 0) is 18.2 Å². The molecule has 1 aromatic rings. The topological polar surface area (TPSA) is 66.4 Å². The number of halogens is 5. The summed E-state index contributed by atoms with van der Waals surface area (Å²) in [5, 5.41) is 9.94. The Morgan fingerprint density at radius 3 is 2.32 bits per heavy atom. The van der Waals surface area contributed by atoms with Gasteiger partial charge in [0.25, 0.3) is 0 Å². The normalized spacial score (nSPS) is 11.5. The van der Waals surface area contributed by atoms with E-state index in [1.807, 2.05) is 0 Å². The number of carbonyl (C=O) groups is 2. The molecule has 0 aliphatic rings. The van der Waals surface area contributed by atoms with Crippen molar-refractivity contribution >= 4 is 17.6 Å². The fraction of sp³-hybridized carbons (Fsp3) is 0.200. The first-order valence-corrected chi connectivity index (χ1v) is 4.66. The standard InChI is InChI=1S/C10H6F5NO3/c11-6-2-1-4(3-5(6)7(17)18)16-9(19)10(14,15)8(12)13/h1-3,8H,(H,16,19)(H,17,18). The molecule has 0 fully saturated rings. The minimum atomic E-state index is -4.93. The summed E-state index contributed by atoms with van der Waals surface area (Å²) in [6.07, 6.45) is -4.22. The van der Waals surface area contributed by atoms with Crippen LogP contribution in [0.2, 0.25) is 0 Å². The lowest BCUT2D eigenvalue weighted by molar-refractivity contribution is -0.163. The van der Waals surface area contributed by atoms with Crippen molar-refractivity contribution in [1.82, 2.24) is 0 Å². The summed E-state index contributed by atoms with van der Waals surface area (Å²) in [7, 11) is 0. The Bertz CT molecular complexity index is 518. The molecule has 1 rings (SSSR count). The summed E-state index contributed by atoms with van der Waals surface area (Å²) in [6.45, 7) is 0. The molecule has 1 aromatic carbocycles. The predicted octanol–water partition coefficient (Wildman–Crippen LogP) is 2.36. The van der Waals surface area contributed by atoms with E-state index >= 15 is 0 Å². The SMILES string of the molecule is O=C(O)c1cc(NC(=O)C(F)(F)C(F)F)ccc1F. The Balaban J connectivity index is 2.98. The summed E-state index contributed by atoms with van der Waals surface area (Å²) in [5.41, 5.74) is -1.43. The van der Waals surface area contributed by atoms with E-state index in [-0.39, 0.29) is 0 Å². The van der Waals surface area contributed by atoms with E-state index in [1.165, 1.54) is 5.32 Å². The van der Waals surface area contributed by atoms with Crippen molar-refractivity contribution in [1.29, 1.82) is 0 Å². The van der Waals surface area contributed by atoms with Gasteiger partial charge in [-0.3, -0.25) is 4.79 Å². The third-order valence-corrected chi connectivity index (χ3v) is 2.03. The van der Waals surface area contributed by atoms with Crippen molar-refractivity contribution in [3.8, 4) is 0 Å². The maximum absolute atomic E-state index is 13.0. The van der Waals surface area contributed by atoms with Gasteiger partial charge in [-0.1, -0.05) is 0 Å². The van der Waals surface area contributed by atoms with Crippen LogP contribution in [0.5, 0.6) is 0 Å². The van der Waals surface area contributed by atoms with Gasteiger partial charge in [-0.15, -0.1) is 0 Å². The number of amides is 1. The molecule has 19 heavy (non-hydrogen) atoms. The average Bonchev–Trinajstić information content (AvgIpc) is 2.30. The number of benzene rings is 1. The number of alkyl halides is 4. The van der Waals surface area contributed by atoms with E-state index in [0.717, 1.165) is 6.07 Å². The van der Waals surface area contributed by atoms with Gasteiger partial charge in [0.15, 0.2) is 0 Å². The molecule has 1 amide bonds. The summed E-state index contributed by atoms with van der Waals surface area (Å²) >= 11 is 0. The summed E-state index contributed by atoms with van der Waals surface area (Å²) in [4.78, 5) is 21.4. The Kier molecular flexibility index (Phi) is 4.07. The fourth-order valence-corrected chi connectivity index (χ4v) is 1.08. The van der Waals surface area contributed by atoms with Gasteiger partial charge in [0.2, 0.25) is 0 Å². The largest absolute Gasteiger partial charge is 0.478 e. The van der Waals surface area contributed by atoms with E-state index in [4.69, 9.17) is 5.11 Å². The summed E-state index contributed by atoms with van der Waals surface area (Å²) in [6, 6.07) is 1.90. The van der Waals surface area contributed by atoms with E-state index in [2.05, 4.69) is 0 Å². The van der Waals surface area contributed by atoms with Crippen LogP contribution in [0.4, 0.5) is 27.6 Å². The third-order valence-electron chi connectivity index (χ3n) is 2.03. The number of hydrogen-bond donors (Lipinski definition) is 2. The molecule has 104 valence electrons. The van der Waals surface area contributed by atoms with Crippen molar-refractivity contribution in [2.24, 2.45) is 0 Å². The van der Waals surface area contributed by atoms with Gasteiger partial charge in [0.1, 0.15) is 5.82 Å². The lowest BCUT2D eigenvalue weighted by Crippen LogP contribution is -2.41. The van der Waals surface area contributed by atoms with E-state index < -0.39 is 41.3 Å². The molecule has 2 N–H and O–H groups in total. The number of hydrogen-bond acceptors (Lipinski definition) is 2. The molecule has 0 spiro atoms. The molecule has 0 saturated carbocycles. The van der Waals surface area contributed by atoms with E-state index in [1.54, 1.807) is 0 Å². The molecular formula is C10H6F5NO3. The van der Waals surface area contributed by atoms with Crippen molar-refractivity contribution in [2.75, 3.05) is 5.32 Å². The molecular weight excluding hydrogens is 277 g/mol. The number of aromatic carboxylic acids is 1. The van der Waals surface area contributed by atoms with Crippen LogP contribution in [-0.4, -0.2) is 29.3 Å². The van der Waals surface area contributed by atoms with Gasteiger partial charge in [0, 0.05) is 5.69 Å². The zero-order valence-electron chi connectivity index (χ0n) is 8.96. The van der Waals surface area contributed by atoms with Gasteiger partial charge in [-0.25, -0.2) is 18.0 Å². The Hall–Kier alpha value is -2.19. The second-order valence-corrected chi connectivity index (χ2v) is 3.38. The lowest BCUT2D eigenvalue weighted by atomic mass is 10.2. The van der Waals surface area contributed by atoms with Crippen molar-refractivity contribution in [3.05, 3.63) is 29.6 Å². The lowest BCUT2D eigenvalue weighted by Gasteiger charge is -2.15. The summed E-state index contributed by atoms with van der Waals surface area (Å²) in [5.74, 6) is -10.1. The zero-order chi connectivity index (χ0) is 14.8. The van der Waals surface area contributed by atoms with E-state index in [0.29, 0.717) is 12.1 Å². The molecule has 0 heterocycles. The molecule has 9 heteroatoms. The molecule has 0 unspecified atom stereocenters. The first-order chi connectivity index (χ1) is 8.66. The van der Waals surface area contributed by atoms with Crippen LogP contribution in [0.1, 0.15) is 10.4 Å². The van der Waals surface area contributed by atoms with Crippen LogP contribution >= 0.6 is 0 Å². The van der Waals surface area contributed by atoms with Crippen LogP contribution in [0.25, 0.3) is 0 Å². The van der Waals surface area contributed by atoms with E-state index in [9.17, 15) is 31.5 Å². The highest BCUT2D eigenvalue weighted by atomic mass is 19.3. The highest BCUT2D eigenvalue weighted by Crippen LogP contribution is 2.25. The highest BCUT2D eigenvalue weighted by molar-refractivity contribution is 5.97. The molecule has 0 bridgehead atoms. The van der Waals surface area contributed by atoms with Crippen LogP contribution in [0.3, 0.4) is 0 Å². The number of anilines is 1. The molecule has 0 saturated heterocycles. The molecule has 4 nitrogen and oxygen atoms in total. The third kappa shape index (κ3) is 3.18. The summed E-state index contributed by atoms with van der Waals surface area (Å²) < 4.78 is 61.9. The molecule has 0 radical (unpaired) electrons. The van der Waals surface area contributed by atoms with Crippen molar-refractivity contribution in [2.45, 2.75) is 12.3 Å². The number of carbonyl (C=O) groups excluding carboxylic acids is 1. The molecule has 0 aromatic heterocycles. The van der Waals surface area contributed by atoms with Crippen LogP contribution in [0, 0.1) is 5.82 Å². The maximum atomic E-state index is 13.0. The molecule has 0 aliphatic heterocycles. The average molecular weight is 283 g/mol. The first kappa shape index (κ1) is 14.9. The molecule has 0 atom stereocenters. The Morgan fingerprint density at radius 1 is 1.26 bits per heavy atom. The maximum Gasteiger partial charge on any atom is 0.383 e. The first-order valence-electron chi connectivity index (χ1n) is 4.66. The van der Waals surface area contributed by atoms with Gasteiger partial charge in [-0.2, -0.15) is 8.78 Å². The van der Waals surface area contributed by atoms with Gasteiger partial charge < -0.3 is 10.4 Å². The molecule has 0 aliphatic carbocycles. The van der Waals surface area contributed by atoms with Crippen LogP contribution in [-0.2, 0) is 4.79 Å². The van der Waals surface area contributed by atoms with Crippen molar-refractivity contribution in [3.63, 3.8) is 0 Å². The quantitative estimate of drug-likeness (QED) is 0.834. The van der Waals surface area contributed by atoms with Crippen molar-refractivity contribution < 1.29 is 36.6 Å². The smallest absolute Gasteiger partial charge is 0.383 e. The minimum Gasteiger partial charge on any atom is -0.478 e. The number of rotatable bonds is 4. The fourth-order valence-electron chi connectivity index (χ4n) is 1.08. The highest BCUT2D eigenvalue weighted by Gasteiger charge is 2.48. The Labute approximate surface area is 102 Å². The van der Waals surface area contributed by atoms with Crippen LogP contribution in [0.15, 0.2) is 18.2 Å². The minimum absolute atomic E-state index is 0.538. The second-order valence-electron chi connectivity index (χ2n) is 3.38. The monoisotopic (exact) mass is 283 g/mol. The Morgan fingerprint density at radius 2 is 1.84 bits per heavy atom. The van der Waals surface area contributed by atoms with Crippen LogP contribution < -0.4 is 5.32 Å². The van der Waals surface area contributed by atoms with Gasteiger partial charge in [0.05, 0.1) is 5.56 Å². The zero-order valence-corrected chi connectivity index (χ0v) is 8.96. The number of carboxylic acid groups (broad SMARTS) is 1. The predicted molar refractivity (Wildman–Crippen MR) is 52.9 cm³/mol. The van der Waals surface area contributed by atoms with Gasteiger partial charge >= 0.3 is 24.2 Å². The second kappa shape index (κ2) is 5.21. The number of carboxylic acids is 1. The number of nitrogens with one attached hydrogen (secondary N) is 1.